The van der Waals surface area contributed by atoms with E-state index in [1.54, 1.807) is 6.07 Å². The van der Waals surface area contributed by atoms with Gasteiger partial charge < -0.3 is 10.6 Å². The summed E-state index contributed by atoms with van der Waals surface area (Å²) < 4.78 is 0. The average molecular weight is 346 g/mol. The number of hydrogen-bond donors (Lipinski definition) is 2. The highest BCUT2D eigenvalue weighted by molar-refractivity contribution is 5.92. The molecule has 5 nitrogen and oxygen atoms in total. The van der Waals surface area contributed by atoms with Gasteiger partial charge in [0.1, 0.15) is 5.69 Å². The highest BCUT2D eigenvalue weighted by Crippen LogP contribution is 2.18. The highest BCUT2D eigenvalue weighted by Gasteiger charge is 2.11. The fraction of sp³-hybridized carbons (Fsp3) is 0.190. The Labute approximate surface area is 153 Å². The maximum absolute atomic E-state index is 12.5. The molecule has 2 aromatic carbocycles. The Bertz CT molecular complexity index is 920. The Hall–Kier alpha value is -3.21. The van der Waals surface area contributed by atoms with Crippen LogP contribution in [0.15, 0.2) is 54.6 Å². The number of anilines is 2. The molecule has 2 N–H and O–H groups in total. The molecule has 0 aliphatic rings. The number of carbonyl (C=O) groups excluding carboxylic acids is 1. The van der Waals surface area contributed by atoms with Crippen LogP contribution in [0.1, 0.15) is 32.9 Å². The van der Waals surface area contributed by atoms with Gasteiger partial charge in [-0.1, -0.05) is 48.0 Å². The van der Waals surface area contributed by atoms with Gasteiger partial charge in [-0.2, -0.15) is 0 Å². The third kappa shape index (κ3) is 4.45. The molecule has 26 heavy (non-hydrogen) atoms. The number of aryl methyl sites for hydroxylation is 3. The lowest BCUT2D eigenvalue weighted by atomic mass is 10.1. The third-order valence-electron chi connectivity index (χ3n) is 4.05. The molecule has 1 amide bonds. The van der Waals surface area contributed by atoms with Crippen molar-refractivity contribution in [1.82, 2.24) is 15.3 Å². The maximum atomic E-state index is 12.5. The molecule has 0 saturated heterocycles. The van der Waals surface area contributed by atoms with Crippen LogP contribution in [-0.2, 0) is 6.54 Å². The van der Waals surface area contributed by atoms with Crippen LogP contribution in [0, 0.1) is 20.8 Å². The van der Waals surface area contributed by atoms with E-state index in [1.165, 1.54) is 5.56 Å². The minimum Gasteiger partial charge on any atom is -0.347 e. The zero-order chi connectivity index (χ0) is 18.5. The highest BCUT2D eigenvalue weighted by atomic mass is 16.1. The Balaban J connectivity index is 1.73. The standard InChI is InChI=1S/C21H22N4O/c1-14-8-10-17(11-9-14)13-22-20(26)19-12-16(3)23-21(25-19)24-18-7-5-4-6-15(18)2/h4-12H,13H2,1-3H3,(H,22,26)(H,23,24,25). The fourth-order valence-corrected chi connectivity index (χ4v) is 2.55. The van der Waals surface area contributed by atoms with Gasteiger partial charge in [0.2, 0.25) is 5.95 Å². The largest absolute Gasteiger partial charge is 0.347 e. The van der Waals surface area contributed by atoms with E-state index >= 15 is 0 Å². The van der Waals surface area contributed by atoms with Gasteiger partial charge in [-0.25, -0.2) is 9.97 Å². The van der Waals surface area contributed by atoms with Gasteiger partial charge in [-0.3, -0.25) is 4.79 Å². The third-order valence-corrected chi connectivity index (χ3v) is 4.05. The Morgan fingerprint density at radius 3 is 2.42 bits per heavy atom. The van der Waals surface area contributed by atoms with Gasteiger partial charge in [0.15, 0.2) is 0 Å². The van der Waals surface area contributed by atoms with Crippen LogP contribution in [-0.4, -0.2) is 15.9 Å². The smallest absolute Gasteiger partial charge is 0.270 e. The van der Waals surface area contributed by atoms with Crippen molar-refractivity contribution >= 4 is 17.5 Å². The second-order valence-corrected chi connectivity index (χ2v) is 6.33. The van der Waals surface area contributed by atoms with E-state index in [4.69, 9.17) is 0 Å². The molecule has 0 unspecified atom stereocenters. The molecule has 0 spiro atoms. The number of aromatic nitrogens is 2. The van der Waals surface area contributed by atoms with Crippen molar-refractivity contribution in [2.75, 3.05) is 5.32 Å². The number of nitrogens with one attached hydrogen (secondary N) is 2. The Morgan fingerprint density at radius 1 is 0.962 bits per heavy atom. The van der Waals surface area contributed by atoms with E-state index in [2.05, 4.69) is 20.6 Å². The number of amides is 1. The molecule has 0 saturated carbocycles. The van der Waals surface area contributed by atoms with Crippen molar-refractivity contribution in [3.05, 3.63) is 82.7 Å². The average Bonchev–Trinajstić information content (AvgIpc) is 2.62. The van der Waals surface area contributed by atoms with Gasteiger partial charge in [0.05, 0.1) is 0 Å². The van der Waals surface area contributed by atoms with Crippen molar-refractivity contribution in [2.24, 2.45) is 0 Å². The molecule has 0 bridgehead atoms. The van der Waals surface area contributed by atoms with Gasteiger partial charge in [0, 0.05) is 17.9 Å². The van der Waals surface area contributed by atoms with Crippen LogP contribution in [0.3, 0.4) is 0 Å². The summed E-state index contributed by atoms with van der Waals surface area (Å²) in [6, 6.07) is 17.6. The van der Waals surface area contributed by atoms with Crippen molar-refractivity contribution in [2.45, 2.75) is 27.3 Å². The van der Waals surface area contributed by atoms with Crippen molar-refractivity contribution < 1.29 is 4.79 Å². The zero-order valence-corrected chi connectivity index (χ0v) is 15.2. The van der Waals surface area contributed by atoms with E-state index < -0.39 is 0 Å². The first kappa shape index (κ1) is 17.6. The molecule has 0 atom stereocenters. The fourth-order valence-electron chi connectivity index (χ4n) is 2.55. The van der Waals surface area contributed by atoms with Crippen LogP contribution in [0.5, 0.6) is 0 Å². The quantitative estimate of drug-likeness (QED) is 0.731. The minimum absolute atomic E-state index is 0.219. The van der Waals surface area contributed by atoms with E-state index in [-0.39, 0.29) is 5.91 Å². The van der Waals surface area contributed by atoms with Gasteiger partial charge >= 0.3 is 0 Å². The number of benzene rings is 2. The summed E-state index contributed by atoms with van der Waals surface area (Å²) in [5, 5.41) is 6.09. The maximum Gasteiger partial charge on any atom is 0.270 e. The molecule has 1 heterocycles. The number of nitrogens with zero attached hydrogens (tertiary/aromatic N) is 2. The number of rotatable bonds is 5. The predicted octanol–water partition coefficient (Wildman–Crippen LogP) is 4.08. The first-order valence-corrected chi connectivity index (χ1v) is 8.53. The lowest BCUT2D eigenvalue weighted by Gasteiger charge is -2.10. The zero-order valence-electron chi connectivity index (χ0n) is 15.2. The van der Waals surface area contributed by atoms with Gasteiger partial charge in [-0.05, 0) is 44.0 Å². The number of hydrogen-bond acceptors (Lipinski definition) is 4. The number of carbonyl (C=O) groups is 1. The molecule has 5 heteroatoms. The summed E-state index contributed by atoms with van der Waals surface area (Å²) in [7, 11) is 0. The molecule has 1 aromatic heterocycles. The van der Waals surface area contributed by atoms with Crippen LogP contribution < -0.4 is 10.6 Å². The first-order valence-electron chi connectivity index (χ1n) is 8.53. The minimum atomic E-state index is -0.219. The van der Waals surface area contributed by atoms with Crippen LogP contribution in [0.4, 0.5) is 11.6 Å². The molecule has 3 rings (SSSR count). The van der Waals surface area contributed by atoms with E-state index in [0.717, 1.165) is 22.5 Å². The first-order chi connectivity index (χ1) is 12.5. The van der Waals surface area contributed by atoms with E-state index in [1.807, 2.05) is 69.3 Å². The summed E-state index contributed by atoms with van der Waals surface area (Å²) >= 11 is 0. The molecular formula is C21H22N4O. The lowest BCUT2D eigenvalue weighted by Crippen LogP contribution is -2.24. The second-order valence-electron chi connectivity index (χ2n) is 6.33. The van der Waals surface area contributed by atoms with E-state index in [9.17, 15) is 4.79 Å². The molecule has 3 aromatic rings. The van der Waals surface area contributed by atoms with Crippen molar-refractivity contribution in [1.29, 1.82) is 0 Å². The SMILES string of the molecule is Cc1ccc(CNC(=O)c2cc(C)nc(Nc3ccccc3C)n2)cc1. The second kappa shape index (κ2) is 7.78. The summed E-state index contributed by atoms with van der Waals surface area (Å²) in [5.74, 6) is 0.198. The molecule has 0 aliphatic heterocycles. The van der Waals surface area contributed by atoms with Crippen LogP contribution >= 0.6 is 0 Å². The van der Waals surface area contributed by atoms with Gasteiger partial charge in [0.25, 0.3) is 5.91 Å². The molecule has 0 fully saturated rings. The Morgan fingerprint density at radius 2 is 1.69 bits per heavy atom. The lowest BCUT2D eigenvalue weighted by molar-refractivity contribution is 0.0945. The molecule has 0 aliphatic carbocycles. The summed E-state index contributed by atoms with van der Waals surface area (Å²) in [4.78, 5) is 21.2. The normalized spacial score (nSPS) is 10.4. The predicted molar refractivity (Wildman–Crippen MR) is 104 cm³/mol. The molecular weight excluding hydrogens is 324 g/mol. The summed E-state index contributed by atoms with van der Waals surface area (Å²) in [5.41, 5.74) is 5.33. The topological polar surface area (TPSA) is 66.9 Å². The van der Waals surface area contributed by atoms with Crippen molar-refractivity contribution in [3.8, 4) is 0 Å². The van der Waals surface area contributed by atoms with Crippen LogP contribution in [0.25, 0.3) is 0 Å². The van der Waals surface area contributed by atoms with E-state index in [0.29, 0.717) is 18.2 Å². The van der Waals surface area contributed by atoms with Crippen molar-refractivity contribution in [3.63, 3.8) is 0 Å². The monoisotopic (exact) mass is 346 g/mol. The number of para-hydroxylation sites is 1. The van der Waals surface area contributed by atoms with Crippen LogP contribution in [0.2, 0.25) is 0 Å². The molecule has 0 radical (unpaired) electrons. The van der Waals surface area contributed by atoms with Gasteiger partial charge in [-0.15, -0.1) is 0 Å². The summed E-state index contributed by atoms with van der Waals surface area (Å²) in [6.07, 6.45) is 0. The Kier molecular flexibility index (Phi) is 5.27. The molecule has 132 valence electrons. The summed E-state index contributed by atoms with van der Waals surface area (Å²) in [6.45, 7) is 6.35.